The first-order valence-electron chi connectivity index (χ1n) is 5.05. The predicted octanol–water partition coefficient (Wildman–Crippen LogP) is 1.53. The van der Waals surface area contributed by atoms with Gasteiger partial charge < -0.3 is 14.3 Å². The molecule has 2 aromatic rings. The van der Waals surface area contributed by atoms with Crippen LogP contribution in [0.3, 0.4) is 0 Å². The average Bonchev–Trinajstić information content (AvgIpc) is 2.78. The van der Waals surface area contributed by atoms with Crippen molar-refractivity contribution in [1.82, 2.24) is 0 Å². The number of nitro benzene ring substituents is 1. The van der Waals surface area contributed by atoms with Gasteiger partial charge in [-0.3, -0.25) is 10.1 Å². The quantitative estimate of drug-likeness (QED) is 0.604. The lowest BCUT2D eigenvalue weighted by Crippen LogP contribution is -2.21. The van der Waals surface area contributed by atoms with Crippen LogP contribution in [-0.2, 0) is 0 Å². The molecule has 0 fully saturated rings. The molecule has 0 aliphatic rings. The van der Waals surface area contributed by atoms with Gasteiger partial charge in [-0.25, -0.2) is 0 Å². The highest BCUT2D eigenvalue weighted by atomic mass is 16.6. The van der Waals surface area contributed by atoms with Crippen molar-refractivity contribution in [3.05, 3.63) is 51.8 Å². The lowest BCUT2D eigenvalue weighted by molar-refractivity contribution is -0.384. The van der Waals surface area contributed by atoms with E-state index in [-0.39, 0.29) is 17.2 Å². The fraction of sp³-hybridized carbons (Fsp3) is 0.0833. The van der Waals surface area contributed by atoms with Crippen LogP contribution in [0.4, 0.5) is 5.69 Å². The molecular weight excluding hydrogens is 238 g/mol. The van der Waals surface area contributed by atoms with E-state index < -0.39 is 10.9 Å². The highest BCUT2D eigenvalue weighted by Crippen LogP contribution is 2.28. The van der Waals surface area contributed by atoms with Crippen LogP contribution in [0, 0.1) is 17.0 Å². The number of aromatic carboxylic acids is 1. The molecule has 92 valence electrons. The average molecular weight is 246 g/mol. The van der Waals surface area contributed by atoms with Gasteiger partial charge in [0.2, 0.25) is 0 Å². The number of nitrogens with zero attached hydrogens (tertiary/aromatic N) is 1. The van der Waals surface area contributed by atoms with E-state index in [0.717, 1.165) is 5.56 Å². The molecule has 2 rings (SSSR count). The van der Waals surface area contributed by atoms with Crippen molar-refractivity contribution >= 4 is 11.7 Å². The Kier molecular flexibility index (Phi) is 2.85. The van der Waals surface area contributed by atoms with Crippen LogP contribution >= 0.6 is 0 Å². The Morgan fingerprint density at radius 2 is 2.00 bits per heavy atom. The Morgan fingerprint density at radius 1 is 1.28 bits per heavy atom. The number of benzene rings is 1. The van der Waals surface area contributed by atoms with E-state index >= 15 is 0 Å². The zero-order valence-corrected chi connectivity index (χ0v) is 9.38. The minimum atomic E-state index is -1.43. The van der Waals surface area contributed by atoms with Crippen molar-refractivity contribution in [3.8, 4) is 11.3 Å². The Balaban J connectivity index is 2.51. The first-order valence-corrected chi connectivity index (χ1v) is 5.05. The molecule has 1 aromatic heterocycles. The van der Waals surface area contributed by atoms with Crippen molar-refractivity contribution in [3.63, 3.8) is 0 Å². The fourth-order valence-electron chi connectivity index (χ4n) is 1.58. The first kappa shape index (κ1) is 11.8. The van der Waals surface area contributed by atoms with Crippen molar-refractivity contribution < 1.29 is 19.2 Å². The van der Waals surface area contributed by atoms with Gasteiger partial charge in [0.25, 0.3) is 5.69 Å². The van der Waals surface area contributed by atoms with E-state index in [0.29, 0.717) is 5.56 Å². The maximum absolute atomic E-state index is 10.7. The summed E-state index contributed by atoms with van der Waals surface area (Å²) in [4.78, 5) is 20.8. The number of hydrogen-bond acceptors (Lipinski definition) is 5. The van der Waals surface area contributed by atoms with Gasteiger partial charge in [0.05, 0.1) is 4.92 Å². The third-order valence-electron chi connectivity index (χ3n) is 2.50. The summed E-state index contributed by atoms with van der Waals surface area (Å²) >= 11 is 0. The molecular formula is C12H8NO5-. The van der Waals surface area contributed by atoms with Gasteiger partial charge in [0.1, 0.15) is 17.5 Å². The van der Waals surface area contributed by atoms with Crippen LogP contribution in [0.15, 0.2) is 34.7 Å². The lowest BCUT2D eigenvalue weighted by atomic mass is 10.1. The van der Waals surface area contributed by atoms with E-state index in [1.54, 1.807) is 13.0 Å². The molecule has 1 aromatic carbocycles. The van der Waals surface area contributed by atoms with Gasteiger partial charge in [-0.2, -0.15) is 0 Å². The molecule has 0 aliphatic heterocycles. The molecule has 0 N–H and O–H groups in total. The summed E-state index contributed by atoms with van der Waals surface area (Å²) in [5, 5.41) is 21.3. The number of carbonyl (C=O) groups is 1. The molecule has 0 bridgehead atoms. The van der Waals surface area contributed by atoms with Gasteiger partial charge in [-0.15, -0.1) is 0 Å². The van der Waals surface area contributed by atoms with E-state index in [1.165, 1.54) is 24.3 Å². The number of furan rings is 1. The highest BCUT2D eigenvalue weighted by molar-refractivity contribution is 5.83. The summed E-state index contributed by atoms with van der Waals surface area (Å²) < 4.78 is 5.06. The Labute approximate surface area is 102 Å². The summed E-state index contributed by atoms with van der Waals surface area (Å²) in [6.45, 7) is 1.75. The number of nitro groups is 1. The molecule has 0 atom stereocenters. The van der Waals surface area contributed by atoms with Crippen LogP contribution < -0.4 is 5.11 Å². The second kappa shape index (κ2) is 4.33. The molecule has 1 heterocycles. The Bertz CT molecular complexity index is 629. The third-order valence-corrected chi connectivity index (χ3v) is 2.50. The number of non-ortho nitro benzene ring substituents is 1. The molecule has 0 saturated carbocycles. The largest absolute Gasteiger partial charge is 0.542 e. The molecule has 0 unspecified atom stereocenters. The van der Waals surface area contributed by atoms with Crippen LogP contribution in [0.1, 0.15) is 16.1 Å². The molecule has 18 heavy (non-hydrogen) atoms. The van der Waals surface area contributed by atoms with Crippen molar-refractivity contribution in [2.75, 3.05) is 0 Å². The number of carboxylic acids is 1. The minimum absolute atomic E-state index is 0.0815. The summed E-state index contributed by atoms with van der Waals surface area (Å²) in [6.07, 6.45) is 0. The maximum Gasteiger partial charge on any atom is 0.270 e. The SMILES string of the molecule is Cc1ccc([N+](=O)[O-])cc1-c1ccc(C(=O)[O-])o1. The zero-order valence-electron chi connectivity index (χ0n) is 9.38. The fourth-order valence-corrected chi connectivity index (χ4v) is 1.58. The van der Waals surface area contributed by atoms with Gasteiger partial charge in [-0.05, 0) is 24.6 Å². The van der Waals surface area contributed by atoms with E-state index in [2.05, 4.69) is 0 Å². The molecule has 6 heteroatoms. The van der Waals surface area contributed by atoms with Gasteiger partial charge in [0.15, 0.2) is 0 Å². The van der Waals surface area contributed by atoms with Crippen molar-refractivity contribution in [2.24, 2.45) is 0 Å². The smallest absolute Gasteiger partial charge is 0.270 e. The Hall–Kier alpha value is -2.63. The molecule has 6 nitrogen and oxygen atoms in total. The van der Waals surface area contributed by atoms with Crippen molar-refractivity contribution in [2.45, 2.75) is 6.92 Å². The van der Waals surface area contributed by atoms with Crippen LogP contribution in [0.25, 0.3) is 11.3 Å². The molecule has 0 radical (unpaired) electrons. The highest BCUT2D eigenvalue weighted by Gasteiger charge is 2.13. The molecule has 0 saturated heterocycles. The van der Waals surface area contributed by atoms with Gasteiger partial charge in [-0.1, -0.05) is 6.07 Å². The first-order chi connectivity index (χ1) is 8.49. The predicted molar refractivity (Wildman–Crippen MR) is 59.9 cm³/mol. The summed E-state index contributed by atoms with van der Waals surface area (Å²) in [7, 11) is 0. The monoisotopic (exact) mass is 246 g/mol. The summed E-state index contributed by atoms with van der Waals surface area (Å²) in [6, 6.07) is 6.99. The normalized spacial score (nSPS) is 10.3. The number of carbonyl (C=O) groups excluding carboxylic acids is 1. The second-order valence-electron chi connectivity index (χ2n) is 3.71. The van der Waals surface area contributed by atoms with E-state index in [9.17, 15) is 20.0 Å². The number of rotatable bonds is 3. The molecule has 0 aliphatic carbocycles. The molecule has 0 spiro atoms. The summed E-state index contributed by atoms with van der Waals surface area (Å²) in [5.74, 6) is -1.48. The third kappa shape index (κ3) is 2.08. The molecule has 0 amide bonds. The zero-order chi connectivity index (χ0) is 13.3. The van der Waals surface area contributed by atoms with Crippen LogP contribution in [0.5, 0.6) is 0 Å². The maximum atomic E-state index is 10.7. The lowest BCUT2D eigenvalue weighted by Gasteiger charge is -2.02. The number of aryl methyl sites for hydroxylation is 1. The van der Waals surface area contributed by atoms with E-state index in [1.807, 2.05) is 0 Å². The van der Waals surface area contributed by atoms with Crippen LogP contribution in [-0.4, -0.2) is 10.9 Å². The number of hydrogen-bond donors (Lipinski definition) is 0. The second-order valence-corrected chi connectivity index (χ2v) is 3.71. The number of carboxylic acid groups (broad SMARTS) is 1. The summed E-state index contributed by atoms with van der Waals surface area (Å²) in [5.41, 5.74) is 1.15. The Morgan fingerprint density at radius 3 is 2.56 bits per heavy atom. The van der Waals surface area contributed by atoms with E-state index in [4.69, 9.17) is 4.42 Å². The standard InChI is InChI=1S/C12H9NO5/c1-7-2-3-8(13(16)17)6-9(7)10-4-5-11(18-10)12(14)15/h2-6H,1H3,(H,14,15)/p-1. The topological polar surface area (TPSA) is 96.4 Å². The van der Waals surface area contributed by atoms with Crippen LogP contribution in [0.2, 0.25) is 0 Å². The van der Waals surface area contributed by atoms with Gasteiger partial charge in [0, 0.05) is 17.7 Å². The van der Waals surface area contributed by atoms with Gasteiger partial charge >= 0.3 is 0 Å². The minimum Gasteiger partial charge on any atom is -0.542 e. The van der Waals surface area contributed by atoms with Crippen molar-refractivity contribution in [1.29, 1.82) is 0 Å².